The van der Waals surface area contributed by atoms with Crippen LogP contribution in [0.3, 0.4) is 0 Å². The van der Waals surface area contributed by atoms with Gasteiger partial charge in [0.2, 0.25) is 0 Å². The Hall–Kier alpha value is -2.35. The van der Waals surface area contributed by atoms with Crippen molar-refractivity contribution in [1.82, 2.24) is 0 Å². The molecule has 2 aromatic rings. The summed E-state index contributed by atoms with van der Waals surface area (Å²) in [5.74, 6) is 0. The Morgan fingerprint density at radius 1 is 0.947 bits per heavy atom. The van der Waals surface area contributed by atoms with E-state index in [0.717, 1.165) is 5.69 Å². The molecule has 2 atom stereocenters. The van der Waals surface area contributed by atoms with E-state index in [-0.39, 0.29) is 0 Å². The Kier molecular flexibility index (Phi) is 4.14. The van der Waals surface area contributed by atoms with E-state index < -0.39 is 12.2 Å². The van der Waals surface area contributed by atoms with Crippen LogP contribution in [0.15, 0.2) is 54.6 Å². The molecule has 0 aliphatic rings. The van der Waals surface area contributed by atoms with Gasteiger partial charge in [0.25, 0.3) is 0 Å². The zero-order valence-electron chi connectivity index (χ0n) is 10.2. The molecular formula is C15H14N2O2. The Morgan fingerprint density at radius 2 is 1.58 bits per heavy atom. The molecule has 0 fully saturated rings. The van der Waals surface area contributed by atoms with Crippen molar-refractivity contribution in [1.29, 1.82) is 5.26 Å². The van der Waals surface area contributed by atoms with E-state index in [1.54, 1.807) is 24.3 Å². The Balaban J connectivity index is 2.29. The predicted molar refractivity (Wildman–Crippen MR) is 72.7 cm³/mol. The van der Waals surface area contributed by atoms with Gasteiger partial charge in [0.05, 0.1) is 6.07 Å². The van der Waals surface area contributed by atoms with Gasteiger partial charge < -0.3 is 15.5 Å². The highest BCUT2D eigenvalue weighted by Crippen LogP contribution is 2.27. The fraction of sp³-hybridized carbons (Fsp3) is 0.133. The van der Waals surface area contributed by atoms with E-state index in [2.05, 4.69) is 5.32 Å². The second-order valence-electron chi connectivity index (χ2n) is 4.10. The Bertz CT molecular complexity index is 578. The van der Waals surface area contributed by atoms with Gasteiger partial charge in [-0.3, -0.25) is 0 Å². The quantitative estimate of drug-likeness (QED) is 0.732. The molecule has 19 heavy (non-hydrogen) atoms. The highest BCUT2D eigenvalue weighted by atomic mass is 16.3. The second-order valence-corrected chi connectivity index (χ2v) is 4.10. The lowest BCUT2D eigenvalue weighted by molar-refractivity contribution is 0.0532. The van der Waals surface area contributed by atoms with E-state index >= 15 is 0 Å². The molecule has 2 aromatic carbocycles. The topological polar surface area (TPSA) is 76.3 Å². The number of nitrogens with one attached hydrogen (secondary N) is 1. The van der Waals surface area contributed by atoms with Gasteiger partial charge in [0.1, 0.15) is 6.10 Å². The number of hydrogen-bond acceptors (Lipinski definition) is 4. The fourth-order valence-electron chi connectivity index (χ4n) is 1.79. The fourth-order valence-corrected chi connectivity index (χ4v) is 1.79. The van der Waals surface area contributed by atoms with Gasteiger partial charge >= 0.3 is 0 Å². The molecule has 0 aliphatic carbocycles. The molecule has 0 saturated carbocycles. The van der Waals surface area contributed by atoms with Gasteiger partial charge in [-0.2, -0.15) is 5.26 Å². The number of nitrogens with zero attached hydrogens (tertiary/aromatic N) is 1. The summed E-state index contributed by atoms with van der Waals surface area (Å²) in [6.45, 7) is 0. The number of benzene rings is 2. The zero-order chi connectivity index (χ0) is 13.7. The number of aliphatic hydroxyl groups excluding tert-OH is 2. The van der Waals surface area contributed by atoms with Gasteiger partial charge in [0.15, 0.2) is 6.10 Å². The van der Waals surface area contributed by atoms with Crippen molar-refractivity contribution < 1.29 is 10.2 Å². The number of rotatable bonds is 4. The maximum Gasteiger partial charge on any atom is 0.170 e. The molecule has 0 aliphatic heterocycles. The van der Waals surface area contributed by atoms with Crippen LogP contribution in [-0.2, 0) is 0 Å². The standard InChI is InChI=1S/C15H14N2O2/c16-10-14(18)15(19)12-8-4-5-9-13(12)17-11-6-2-1-3-7-11/h1-9,14-15,17-19H. The second kappa shape index (κ2) is 6.01. The lowest BCUT2D eigenvalue weighted by Crippen LogP contribution is -2.16. The number of para-hydroxylation sites is 2. The molecule has 0 radical (unpaired) electrons. The van der Waals surface area contributed by atoms with Crippen LogP contribution < -0.4 is 5.32 Å². The molecule has 0 heterocycles. The predicted octanol–water partition coefficient (Wildman–Crippen LogP) is 2.35. The summed E-state index contributed by atoms with van der Waals surface area (Å²) >= 11 is 0. The molecule has 0 spiro atoms. The van der Waals surface area contributed by atoms with Crippen molar-refractivity contribution in [2.45, 2.75) is 12.2 Å². The van der Waals surface area contributed by atoms with Crippen LogP contribution in [0.25, 0.3) is 0 Å². The highest BCUT2D eigenvalue weighted by molar-refractivity contribution is 5.63. The molecule has 2 rings (SSSR count). The summed E-state index contributed by atoms with van der Waals surface area (Å²) in [6.07, 6.45) is -2.68. The van der Waals surface area contributed by atoms with E-state index in [9.17, 15) is 10.2 Å². The third-order valence-electron chi connectivity index (χ3n) is 2.76. The molecule has 96 valence electrons. The molecule has 4 nitrogen and oxygen atoms in total. The van der Waals surface area contributed by atoms with E-state index in [1.165, 1.54) is 0 Å². The van der Waals surface area contributed by atoms with Crippen molar-refractivity contribution in [3.05, 3.63) is 60.2 Å². The zero-order valence-corrected chi connectivity index (χ0v) is 10.2. The number of nitriles is 1. The molecular weight excluding hydrogens is 240 g/mol. The van der Waals surface area contributed by atoms with Gasteiger partial charge in [0, 0.05) is 16.9 Å². The maximum atomic E-state index is 9.94. The SMILES string of the molecule is N#CC(O)C(O)c1ccccc1Nc1ccccc1. The molecule has 3 N–H and O–H groups in total. The maximum absolute atomic E-state index is 9.94. The van der Waals surface area contributed by atoms with Crippen molar-refractivity contribution in [3.63, 3.8) is 0 Å². The van der Waals surface area contributed by atoms with Crippen molar-refractivity contribution >= 4 is 11.4 Å². The Morgan fingerprint density at radius 3 is 2.26 bits per heavy atom. The largest absolute Gasteiger partial charge is 0.384 e. The number of anilines is 2. The smallest absolute Gasteiger partial charge is 0.170 e. The molecule has 4 heteroatoms. The van der Waals surface area contributed by atoms with Crippen LogP contribution in [0, 0.1) is 11.3 Å². The Labute approximate surface area is 111 Å². The average Bonchev–Trinajstić information content (AvgIpc) is 2.47. The van der Waals surface area contributed by atoms with E-state index in [1.807, 2.05) is 36.4 Å². The minimum Gasteiger partial charge on any atom is -0.384 e. The minimum atomic E-state index is -1.45. The molecule has 0 bridgehead atoms. The van der Waals surface area contributed by atoms with Crippen LogP contribution in [0.5, 0.6) is 0 Å². The van der Waals surface area contributed by atoms with Crippen molar-refractivity contribution in [2.75, 3.05) is 5.32 Å². The van der Waals surface area contributed by atoms with E-state index in [4.69, 9.17) is 5.26 Å². The molecule has 0 saturated heterocycles. The minimum absolute atomic E-state index is 0.486. The third-order valence-corrected chi connectivity index (χ3v) is 2.76. The lowest BCUT2D eigenvalue weighted by atomic mass is 10.0. The van der Waals surface area contributed by atoms with Gasteiger partial charge in [-0.25, -0.2) is 0 Å². The first-order valence-electron chi connectivity index (χ1n) is 5.89. The summed E-state index contributed by atoms with van der Waals surface area (Å²) in [6, 6.07) is 18.1. The first kappa shape index (κ1) is 13.1. The average molecular weight is 254 g/mol. The van der Waals surface area contributed by atoms with Crippen LogP contribution in [0.2, 0.25) is 0 Å². The molecule has 0 aromatic heterocycles. The van der Waals surface area contributed by atoms with Crippen molar-refractivity contribution in [3.8, 4) is 6.07 Å². The summed E-state index contributed by atoms with van der Waals surface area (Å²) in [4.78, 5) is 0. The van der Waals surface area contributed by atoms with Crippen LogP contribution in [0.4, 0.5) is 11.4 Å². The van der Waals surface area contributed by atoms with Crippen LogP contribution in [-0.4, -0.2) is 16.3 Å². The summed E-state index contributed by atoms with van der Waals surface area (Å²) in [5.41, 5.74) is 2.02. The first-order chi connectivity index (χ1) is 9.22. The van der Waals surface area contributed by atoms with Crippen molar-refractivity contribution in [2.24, 2.45) is 0 Å². The lowest BCUT2D eigenvalue weighted by Gasteiger charge is -2.17. The van der Waals surface area contributed by atoms with Gasteiger partial charge in [-0.05, 0) is 18.2 Å². The number of hydrogen-bond donors (Lipinski definition) is 3. The summed E-state index contributed by atoms with van der Waals surface area (Å²) < 4.78 is 0. The normalized spacial score (nSPS) is 13.3. The van der Waals surface area contributed by atoms with Crippen LogP contribution >= 0.6 is 0 Å². The molecule has 0 amide bonds. The highest BCUT2D eigenvalue weighted by Gasteiger charge is 2.20. The summed E-state index contributed by atoms with van der Waals surface area (Å²) in [7, 11) is 0. The van der Waals surface area contributed by atoms with Crippen LogP contribution in [0.1, 0.15) is 11.7 Å². The summed E-state index contributed by atoms with van der Waals surface area (Å²) in [5, 5.41) is 31.2. The number of aliphatic hydroxyl groups is 2. The first-order valence-corrected chi connectivity index (χ1v) is 5.89. The monoisotopic (exact) mass is 254 g/mol. The molecule has 2 unspecified atom stereocenters. The van der Waals surface area contributed by atoms with Gasteiger partial charge in [-0.15, -0.1) is 0 Å². The van der Waals surface area contributed by atoms with E-state index in [0.29, 0.717) is 11.3 Å². The van der Waals surface area contributed by atoms with Gasteiger partial charge in [-0.1, -0.05) is 36.4 Å². The third kappa shape index (κ3) is 3.10.